The van der Waals surface area contributed by atoms with Crippen molar-refractivity contribution in [3.8, 4) is 0 Å². The van der Waals surface area contributed by atoms with E-state index in [1.54, 1.807) is 4.90 Å². The molecule has 4 nitrogen and oxygen atoms in total. The number of likely N-dealkylation sites (tertiary alicyclic amines) is 1. The molecule has 3 unspecified atom stereocenters. The van der Waals surface area contributed by atoms with Crippen molar-refractivity contribution in [3.05, 3.63) is 0 Å². The molecule has 0 bridgehead atoms. The third kappa shape index (κ3) is 2.09. The van der Waals surface area contributed by atoms with Crippen LogP contribution < -0.4 is 5.73 Å². The van der Waals surface area contributed by atoms with Crippen molar-refractivity contribution in [1.29, 1.82) is 0 Å². The summed E-state index contributed by atoms with van der Waals surface area (Å²) < 4.78 is 0. The third-order valence-electron chi connectivity index (χ3n) is 5.86. The Hall–Kier alpha value is -0.900. The first-order valence-electron chi connectivity index (χ1n) is 8.24. The molecule has 1 heterocycles. The first-order chi connectivity index (χ1) is 9.67. The van der Waals surface area contributed by atoms with E-state index in [1.165, 1.54) is 12.8 Å². The lowest BCUT2D eigenvalue weighted by Gasteiger charge is -2.31. The summed E-state index contributed by atoms with van der Waals surface area (Å²) in [5.74, 6) is 1.08. The molecule has 3 atom stereocenters. The van der Waals surface area contributed by atoms with Gasteiger partial charge in [-0.25, -0.2) is 0 Å². The van der Waals surface area contributed by atoms with E-state index in [1.807, 2.05) is 0 Å². The van der Waals surface area contributed by atoms with Crippen LogP contribution in [0.15, 0.2) is 0 Å². The second-order valence-corrected chi connectivity index (χ2v) is 6.85. The van der Waals surface area contributed by atoms with Gasteiger partial charge >= 0.3 is 0 Å². The predicted octanol–water partition coefficient (Wildman–Crippen LogP) is 1.93. The van der Waals surface area contributed by atoms with Crippen molar-refractivity contribution < 1.29 is 9.59 Å². The highest BCUT2D eigenvalue weighted by Crippen LogP contribution is 2.46. The topological polar surface area (TPSA) is 63.4 Å². The fraction of sp³-hybridized carbons (Fsp3) is 0.875. The molecule has 0 aromatic rings. The minimum absolute atomic E-state index is 0.0387. The van der Waals surface area contributed by atoms with Crippen molar-refractivity contribution in [1.82, 2.24) is 4.90 Å². The van der Waals surface area contributed by atoms with Crippen molar-refractivity contribution in [2.45, 2.75) is 57.9 Å². The molecule has 3 rings (SSSR count). The average Bonchev–Trinajstić information content (AvgIpc) is 3.15. The Morgan fingerprint density at radius 2 is 1.70 bits per heavy atom. The number of amides is 2. The molecule has 112 valence electrons. The van der Waals surface area contributed by atoms with E-state index in [0.717, 1.165) is 32.1 Å². The highest BCUT2D eigenvalue weighted by Gasteiger charge is 2.54. The summed E-state index contributed by atoms with van der Waals surface area (Å²) >= 11 is 0. The van der Waals surface area contributed by atoms with Gasteiger partial charge in [0, 0.05) is 6.54 Å². The van der Waals surface area contributed by atoms with Crippen LogP contribution in [0, 0.1) is 23.7 Å². The fourth-order valence-electron chi connectivity index (χ4n) is 4.67. The summed E-state index contributed by atoms with van der Waals surface area (Å²) in [5, 5.41) is 0. The molecule has 3 aliphatic rings. The predicted molar refractivity (Wildman–Crippen MR) is 76.6 cm³/mol. The third-order valence-corrected chi connectivity index (χ3v) is 5.86. The molecule has 0 radical (unpaired) electrons. The zero-order valence-electron chi connectivity index (χ0n) is 12.4. The van der Waals surface area contributed by atoms with Gasteiger partial charge in [-0.15, -0.1) is 0 Å². The van der Waals surface area contributed by atoms with Crippen LogP contribution in [0.5, 0.6) is 0 Å². The number of nitrogens with zero attached hydrogens (tertiary/aromatic N) is 1. The summed E-state index contributed by atoms with van der Waals surface area (Å²) in [7, 11) is 0. The minimum atomic E-state index is -0.0390. The van der Waals surface area contributed by atoms with Gasteiger partial charge in [0.05, 0.1) is 17.9 Å². The SMILES string of the molecule is CCC1CC2C(=O)N(C(CN)C3CCCC3)C(=O)C2C1. The van der Waals surface area contributed by atoms with Crippen LogP contribution in [0.2, 0.25) is 0 Å². The van der Waals surface area contributed by atoms with Crippen LogP contribution >= 0.6 is 0 Å². The summed E-state index contributed by atoms with van der Waals surface area (Å²) in [4.78, 5) is 26.9. The highest BCUT2D eigenvalue weighted by atomic mass is 16.2. The van der Waals surface area contributed by atoms with Gasteiger partial charge in [-0.1, -0.05) is 26.2 Å². The maximum Gasteiger partial charge on any atom is 0.233 e. The van der Waals surface area contributed by atoms with Gasteiger partial charge in [-0.2, -0.15) is 0 Å². The van der Waals surface area contributed by atoms with Crippen molar-refractivity contribution in [2.24, 2.45) is 29.4 Å². The summed E-state index contributed by atoms with van der Waals surface area (Å²) in [6, 6.07) is -0.0387. The van der Waals surface area contributed by atoms with Gasteiger partial charge in [0.1, 0.15) is 0 Å². The molecule has 2 amide bonds. The van der Waals surface area contributed by atoms with E-state index in [9.17, 15) is 9.59 Å². The summed E-state index contributed by atoms with van der Waals surface area (Å²) in [6.07, 6.45) is 7.55. The maximum absolute atomic E-state index is 12.7. The van der Waals surface area contributed by atoms with Crippen LogP contribution in [-0.4, -0.2) is 29.3 Å². The molecule has 2 aliphatic carbocycles. The van der Waals surface area contributed by atoms with E-state index in [4.69, 9.17) is 5.73 Å². The van der Waals surface area contributed by atoms with Gasteiger partial charge < -0.3 is 5.73 Å². The van der Waals surface area contributed by atoms with E-state index in [-0.39, 0.29) is 29.7 Å². The fourth-order valence-corrected chi connectivity index (χ4v) is 4.67. The summed E-state index contributed by atoms with van der Waals surface area (Å²) in [6.45, 7) is 2.58. The number of rotatable bonds is 4. The molecular weight excluding hydrogens is 252 g/mol. The molecule has 2 saturated carbocycles. The normalized spacial score (nSPS) is 35.9. The number of imide groups is 1. The highest BCUT2D eigenvalue weighted by molar-refractivity contribution is 6.05. The first kappa shape index (κ1) is 14.1. The Morgan fingerprint density at radius 1 is 1.15 bits per heavy atom. The molecule has 1 aliphatic heterocycles. The van der Waals surface area contributed by atoms with E-state index < -0.39 is 0 Å². The monoisotopic (exact) mass is 278 g/mol. The van der Waals surface area contributed by atoms with E-state index in [2.05, 4.69) is 6.92 Å². The number of carbonyl (C=O) groups excluding carboxylic acids is 2. The van der Waals surface area contributed by atoms with E-state index in [0.29, 0.717) is 18.4 Å². The Morgan fingerprint density at radius 3 is 2.15 bits per heavy atom. The quantitative estimate of drug-likeness (QED) is 0.799. The Kier molecular flexibility index (Phi) is 3.85. The number of nitrogens with two attached hydrogens (primary N) is 1. The molecule has 1 saturated heterocycles. The lowest BCUT2D eigenvalue weighted by atomic mass is 9.96. The van der Waals surface area contributed by atoms with Gasteiger partial charge in [0.25, 0.3) is 0 Å². The van der Waals surface area contributed by atoms with Crippen LogP contribution in [0.1, 0.15) is 51.9 Å². The van der Waals surface area contributed by atoms with E-state index >= 15 is 0 Å². The molecule has 20 heavy (non-hydrogen) atoms. The summed E-state index contributed by atoms with van der Waals surface area (Å²) in [5.41, 5.74) is 5.91. The molecule has 4 heteroatoms. The first-order valence-corrected chi connectivity index (χ1v) is 8.24. The smallest absolute Gasteiger partial charge is 0.233 e. The zero-order valence-corrected chi connectivity index (χ0v) is 12.4. The van der Waals surface area contributed by atoms with Crippen molar-refractivity contribution >= 4 is 11.8 Å². The van der Waals surface area contributed by atoms with Gasteiger partial charge in [0.15, 0.2) is 0 Å². The van der Waals surface area contributed by atoms with Crippen molar-refractivity contribution in [2.75, 3.05) is 6.54 Å². The van der Waals surface area contributed by atoms with Gasteiger partial charge in [0.2, 0.25) is 11.8 Å². The van der Waals surface area contributed by atoms with Gasteiger partial charge in [-0.05, 0) is 37.5 Å². The Balaban J connectivity index is 1.78. The molecular formula is C16H26N2O2. The minimum Gasteiger partial charge on any atom is -0.328 e. The second kappa shape index (κ2) is 5.47. The Bertz CT molecular complexity index is 379. The molecule has 3 fully saturated rings. The number of hydrogen-bond donors (Lipinski definition) is 1. The van der Waals surface area contributed by atoms with Gasteiger partial charge in [-0.3, -0.25) is 14.5 Å². The number of fused-ring (bicyclic) bond motifs is 1. The average molecular weight is 278 g/mol. The van der Waals surface area contributed by atoms with Crippen LogP contribution in [0.25, 0.3) is 0 Å². The molecule has 0 aromatic heterocycles. The van der Waals surface area contributed by atoms with Crippen LogP contribution in [-0.2, 0) is 9.59 Å². The number of hydrogen-bond acceptors (Lipinski definition) is 3. The maximum atomic E-state index is 12.7. The lowest BCUT2D eigenvalue weighted by molar-refractivity contribution is -0.144. The lowest BCUT2D eigenvalue weighted by Crippen LogP contribution is -2.49. The van der Waals surface area contributed by atoms with Crippen LogP contribution in [0.4, 0.5) is 0 Å². The molecule has 0 spiro atoms. The van der Waals surface area contributed by atoms with Crippen LogP contribution in [0.3, 0.4) is 0 Å². The largest absolute Gasteiger partial charge is 0.328 e. The second-order valence-electron chi connectivity index (χ2n) is 6.85. The standard InChI is InChI=1S/C16H26N2O2/c1-2-10-7-12-13(8-10)16(20)18(15(12)19)14(9-17)11-5-3-4-6-11/h10-14H,2-9,17H2,1H3. The van der Waals surface area contributed by atoms with Crippen molar-refractivity contribution in [3.63, 3.8) is 0 Å². The number of carbonyl (C=O) groups is 2. The molecule has 2 N–H and O–H groups in total. The zero-order chi connectivity index (χ0) is 14.3. The molecule has 0 aromatic carbocycles. The Labute approximate surface area is 121 Å².